The molecule has 1 aromatic carbocycles. The van der Waals surface area contributed by atoms with E-state index >= 15 is 0 Å². The summed E-state index contributed by atoms with van der Waals surface area (Å²) in [4.78, 5) is 3.99. The number of furan rings is 1. The third-order valence-electron chi connectivity index (χ3n) is 3.28. The lowest BCUT2D eigenvalue weighted by atomic mass is 10.1. The molecular weight excluding hydrogens is 252 g/mol. The first kappa shape index (κ1) is 12.9. The fourth-order valence-corrected chi connectivity index (χ4v) is 2.32. The van der Waals surface area contributed by atoms with Crippen molar-refractivity contribution in [2.45, 2.75) is 26.4 Å². The lowest BCUT2D eigenvalue weighted by Gasteiger charge is -2.04. The number of aromatic nitrogens is 3. The second-order valence-corrected chi connectivity index (χ2v) is 4.77. The third kappa shape index (κ3) is 2.58. The highest BCUT2D eigenvalue weighted by atomic mass is 16.3. The van der Waals surface area contributed by atoms with Crippen LogP contribution in [-0.2, 0) is 13.1 Å². The maximum absolute atomic E-state index is 5.97. The predicted molar refractivity (Wildman–Crippen MR) is 77.3 cm³/mol. The van der Waals surface area contributed by atoms with Crippen LogP contribution in [0.2, 0.25) is 0 Å². The molecule has 2 aromatic heterocycles. The number of nitrogens with one attached hydrogen (secondary N) is 1. The third-order valence-corrected chi connectivity index (χ3v) is 3.28. The molecule has 3 aromatic rings. The molecule has 0 saturated heterocycles. The highest BCUT2D eigenvalue weighted by molar-refractivity contribution is 5.82. The van der Waals surface area contributed by atoms with Gasteiger partial charge in [-0.05, 0) is 19.0 Å². The van der Waals surface area contributed by atoms with Gasteiger partial charge in [0.05, 0.1) is 13.1 Å². The number of benzene rings is 1. The Morgan fingerprint density at radius 2 is 2.20 bits per heavy atom. The first-order valence-electron chi connectivity index (χ1n) is 6.91. The second kappa shape index (κ2) is 5.88. The van der Waals surface area contributed by atoms with Gasteiger partial charge in [-0.3, -0.25) is 0 Å². The minimum atomic E-state index is 0.681. The Labute approximate surface area is 117 Å². The fraction of sp³-hybridized carbons (Fsp3) is 0.333. The van der Waals surface area contributed by atoms with Gasteiger partial charge in [0.1, 0.15) is 24.0 Å². The quantitative estimate of drug-likeness (QED) is 0.699. The molecule has 0 atom stereocenters. The minimum absolute atomic E-state index is 0.681. The van der Waals surface area contributed by atoms with Crippen molar-refractivity contribution in [1.29, 1.82) is 0 Å². The largest absolute Gasteiger partial charge is 0.459 e. The van der Waals surface area contributed by atoms with E-state index in [2.05, 4.69) is 28.4 Å². The molecule has 2 heterocycles. The van der Waals surface area contributed by atoms with Crippen molar-refractivity contribution in [3.05, 3.63) is 48.2 Å². The van der Waals surface area contributed by atoms with E-state index in [4.69, 9.17) is 4.42 Å². The summed E-state index contributed by atoms with van der Waals surface area (Å²) in [5, 5.41) is 8.72. The van der Waals surface area contributed by atoms with Gasteiger partial charge in [0, 0.05) is 10.9 Å². The smallest absolute Gasteiger partial charge is 0.137 e. The van der Waals surface area contributed by atoms with Crippen molar-refractivity contribution >= 4 is 11.0 Å². The zero-order valence-corrected chi connectivity index (χ0v) is 11.5. The van der Waals surface area contributed by atoms with Gasteiger partial charge in [0.25, 0.3) is 0 Å². The molecule has 0 spiro atoms. The van der Waals surface area contributed by atoms with E-state index in [0.717, 1.165) is 36.2 Å². The number of nitrogens with zero attached hydrogens (tertiary/aromatic N) is 3. The van der Waals surface area contributed by atoms with Gasteiger partial charge in [-0.1, -0.05) is 25.1 Å². The van der Waals surface area contributed by atoms with Crippen molar-refractivity contribution in [3.8, 4) is 0 Å². The molecule has 0 aliphatic carbocycles. The standard InChI is InChI=1S/C15H18N4O/c1-2-7-16-8-15-13(9-19-11-17-10-18-19)12-5-3-4-6-14(12)20-15/h3-6,10-11,16H,2,7-9H2,1H3. The number of para-hydroxylation sites is 1. The molecule has 0 radical (unpaired) electrons. The molecule has 0 aliphatic heterocycles. The van der Waals surface area contributed by atoms with E-state index in [1.807, 2.05) is 22.9 Å². The first-order chi connectivity index (χ1) is 9.88. The van der Waals surface area contributed by atoms with Crippen molar-refractivity contribution in [2.24, 2.45) is 0 Å². The van der Waals surface area contributed by atoms with Crippen LogP contribution in [0, 0.1) is 0 Å². The van der Waals surface area contributed by atoms with Crippen molar-refractivity contribution in [3.63, 3.8) is 0 Å². The Hall–Kier alpha value is -2.14. The summed E-state index contributed by atoms with van der Waals surface area (Å²) in [5.74, 6) is 0.982. The maximum Gasteiger partial charge on any atom is 0.137 e. The van der Waals surface area contributed by atoms with E-state index in [-0.39, 0.29) is 0 Å². The van der Waals surface area contributed by atoms with Crippen molar-refractivity contribution < 1.29 is 4.42 Å². The lowest BCUT2D eigenvalue weighted by molar-refractivity contribution is 0.502. The average Bonchev–Trinajstić information content (AvgIpc) is 3.09. The molecule has 1 N–H and O–H groups in total. The van der Waals surface area contributed by atoms with Crippen LogP contribution >= 0.6 is 0 Å². The summed E-state index contributed by atoms with van der Waals surface area (Å²) < 4.78 is 7.79. The molecule has 5 heteroatoms. The van der Waals surface area contributed by atoms with Crippen LogP contribution in [0.5, 0.6) is 0 Å². The first-order valence-corrected chi connectivity index (χ1v) is 6.91. The molecule has 0 bridgehead atoms. The Morgan fingerprint density at radius 1 is 1.30 bits per heavy atom. The lowest BCUT2D eigenvalue weighted by Crippen LogP contribution is -2.15. The Morgan fingerprint density at radius 3 is 3.00 bits per heavy atom. The molecule has 104 valence electrons. The zero-order chi connectivity index (χ0) is 13.8. The number of fused-ring (bicyclic) bond motifs is 1. The van der Waals surface area contributed by atoms with E-state index in [9.17, 15) is 0 Å². The molecule has 0 fully saturated rings. The van der Waals surface area contributed by atoms with Crippen molar-refractivity contribution in [1.82, 2.24) is 20.1 Å². The molecule has 0 unspecified atom stereocenters. The van der Waals surface area contributed by atoms with Gasteiger partial charge in [0.15, 0.2) is 0 Å². The summed E-state index contributed by atoms with van der Waals surface area (Å²) >= 11 is 0. The molecule has 20 heavy (non-hydrogen) atoms. The van der Waals surface area contributed by atoms with E-state index in [1.54, 1.807) is 12.7 Å². The van der Waals surface area contributed by atoms with Crippen molar-refractivity contribution in [2.75, 3.05) is 6.54 Å². The van der Waals surface area contributed by atoms with E-state index in [1.165, 1.54) is 5.56 Å². The van der Waals surface area contributed by atoms with Gasteiger partial charge in [-0.15, -0.1) is 0 Å². The average molecular weight is 270 g/mol. The topological polar surface area (TPSA) is 55.9 Å². The number of hydrogen-bond acceptors (Lipinski definition) is 4. The van der Waals surface area contributed by atoms with Crippen LogP contribution in [0.25, 0.3) is 11.0 Å². The monoisotopic (exact) mass is 270 g/mol. The van der Waals surface area contributed by atoms with E-state index in [0.29, 0.717) is 6.54 Å². The highest BCUT2D eigenvalue weighted by Crippen LogP contribution is 2.26. The summed E-state index contributed by atoms with van der Waals surface area (Å²) in [7, 11) is 0. The van der Waals surface area contributed by atoms with Crippen LogP contribution in [0.1, 0.15) is 24.7 Å². The molecule has 5 nitrogen and oxygen atoms in total. The predicted octanol–water partition coefficient (Wildman–Crippen LogP) is 2.57. The van der Waals surface area contributed by atoms with Crippen LogP contribution in [0.4, 0.5) is 0 Å². The summed E-state index contributed by atoms with van der Waals surface area (Å²) in [6, 6.07) is 8.12. The SMILES string of the molecule is CCCNCc1oc2ccccc2c1Cn1cncn1. The second-order valence-electron chi connectivity index (χ2n) is 4.77. The summed E-state index contributed by atoms with van der Waals surface area (Å²) in [6.07, 6.45) is 4.39. The van der Waals surface area contributed by atoms with E-state index < -0.39 is 0 Å². The van der Waals surface area contributed by atoms with Gasteiger partial charge in [-0.2, -0.15) is 5.10 Å². The normalized spacial score (nSPS) is 11.2. The Bertz CT molecular complexity index is 672. The van der Waals surface area contributed by atoms with Crippen LogP contribution < -0.4 is 5.32 Å². The number of hydrogen-bond donors (Lipinski definition) is 1. The zero-order valence-electron chi connectivity index (χ0n) is 11.5. The molecule has 0 saturated carbocycles. The highest BCUT2D eigenvalue weighted by Gasteiger charge is 2.14. The number of rotatable bonds is 6. The van der Waals surface area contributed by atoms with Gasteiger partial charge < -0.3 is 9.73 Å². The fourth-order valence-electron chi connectivity index (χ4n) is 2.32. The molecular formula is C15H18N4O. The molecule has 0 amide bonds. The van der Waals surface area contributed by atoms with Crippen LogP contribution in [0.3, 0.4) is 0 Å². The van der Waals surface area contributed by atoms with Crippen LogP contribution in [0.15, 0.2) is 41.3 Å². The summed E-state index contributed by atoms with van der Waals surface area (Å²) in [6.45, 7) is 4.56. The van der Waals surface area contributed by atoms with Gasteiger partial charge in [0.2, 0.25) is 0 Å². The van der Waals surface area contributed by atoms with Crippen LogP contribution in [-0.4, -0.2) is 21.3 Å². The van der Waals surface area contributed by atoms with Gasteiger partial charge >= 0.3 is 0 Å². The van der Waals surface area contributed by atoms with Gasteiger partial charge in [-0.25, -0.2) is 9.67 Å². The molecule has 0 aliphatic rings. The summed E-state index contributed by atoms with van der Waals surface area (Å²) in [5.41, 5.74) is 2.10. The minimum Gasteiger partial charge on any atom is -0.459 e. The Kier molecular flexibility index (Phi) is 3.78. The molecule has 3 rings (SSSR count). The maximum atomic E-state index is 5.97. The Balaban J connectivity index is 1.94.